The molecule has 0 heterocycles. The lowest BCUT2D eigenvalue weighted by Gasteiger charge is -2.25. The van der Waals surface area contributed by atoms with Gasteiger partial charge in [0.2, 0.25) is 11.8 Å². The van der Waals surface area contributed by atoms with Crippen LogP contribution in [-0.4, -0.2) is 35.9 Å². The van der Waals surface area contributed by atoms with Gasteiger partial charge in [-0.15, -0.1) is 0 Å². The van der Waals surface area contributed by atoms with Gasteiger partial charge in [0, 0.05) is 17.5 Å². The van der Waals surface area contributed by atoms with Crippen LogP contribution in [0.25, 0.3) is 6.08 Å². The number of amides is 2. The average molecular weight is 550 g/mol. The molecule has 2 rings (SSSR count). The fourth-order valence-corrected chi connectivity index (χ4v) is 3.47. The Kier molecular flexibility index (Phi) is 10.2. The molecule has 0 saturated carbocycles. The van der Waals surface area contributed by atoms with Crippen LogP contribution in [0.5, 0.6) is 0 Å². The maximum absolute atomic E-state index is 13.0. The van der Waals surface area contributed by atoms with Crippen LogP contribution in [-0.2, 0) is 20.8 Å². The fraction of sp³-hybridized carbons (Fsp3) is 0.292. The maximum atomic E-state index is 13.0. The quantitative estimate of drug-likeness (QED) is 0.397. The van der Waals surface area contributed by atoms with Crippen molar-refractivity contribution in [3.63, 3.8) is 0 Å². The van der Waals surface area contributed by atoms with Gasteiger partial charge in [-0.3, -0.25) is 14.4 Å². The minimum absolute atomic E-state index is 0.0552. The van der Waals surface area contributed by atoms with Gasteiger partial charge in [0.1, 0.15) is 6.04 Å². The molecule has 2 atom stereocenters. The molecule has 188 valence electrons. The number of benzene rings is 2. The first kappa shape index (κ1) is 28.7. The van der Waals surface area contributed by atoms with Crippen molar-refractivity contribution in [2.75, 3.05) is 0 Å². The molecule has 11 heteroatoms. The van der Waals surface area contributed by atoms with Crippen LogP contribution in [0.4, 0.5) is 13.2 Å². The zero-order chi connectivity index (χ0) is 26.3. The highest BCUT2D eigenvalue weighted by atomic mass is 35.5. The monoisotopic (exact) mass is 548 g/mol. The summed E-state index contributed by atoms with van der Waals surface area (Å²) in [6.07, 6.45) is -2.61. The van der Waals surface area contributed by atoms with Crippen LogP contribution in [0.3, 0.4) is 0 Å². The van der Waals surface area contributed by atoms with Crippen molar-refractivity contribution in [3.05, 3.63) is 74.7 Å². The first-order chi connectivity index (χ1) is 16.3. The summed E-state index contributed by atoms with van der Waals surface area (Å²) >= 11 is 17.7. The molecule has 0 spiro atoms. The lowest BCUT2D eigenvalue weighted by molar-refractivity contribution is -0.175. The van der Waals surface area contributed by atoms with Gasteiger partial charge < -0.3 is 10.6 Å². The third-order valence-electron chi connectivity index (χ3n) is 4.88. The zero-order valence-electron chi connectivity index (χ0n) is 18.6. The second-order valence-electron chi connectivity index (χ2n) is 7.99. The molecule has 0 aliphatic carbocycles. The number of hydrogen-bond acceptors (Lipinski definition) is 3. The van der Waals surface area contributed by atoms with E-state index in [4.69, 9.17) is 34.8 Å². The van der Waals surface area contributed by atoms with Crippen LogP contribution in [0.2, 0.25) is 15.1 Å². The Labute approximate surface area is 215 Å². The summed E-state index contributed by atoms with van der Waals surface area (Å²) in [6, 6.07) is 7.98. The van der Waals surface area contributed by atoms with Crippen molar-refractivity contribution in [1.29, 1.82) is 0 Å². The molecule has 5 nitrogen and oxygen atoms in total. The third kappa shape index (κ3) is 8.87. The highest BCUT2D eigenvalue weighted by Gasteiger charge is 2.45. The number of Topliss-reactive ketones (excluding diaryl/α,β-unsaturated/α-hetero) is 1. The van der Waals surface area contributed by atoms with E-state index in [1.54, 1.807) is 36.4 Å². The van der Waals surface area contributed by atoms with E-state index >= 15 is 0 Å². The first-order valence-corrected chi connectivity index (χ1v) is 11.5. The van der Waals surface area contributed by atoms with Crippen molar-refractivity contribution in [2.45, 2.75) is 38.5 Å². The predicted molar refractivity (Wildman–Crippen MR) is 130 cm³/mol. The van der Waals surface area contributed by atoms with E-state index in [1.165, 1.54) is 26.0 Å². The van der Waals surface area contributed by atoms with Crippen molar-refractivity contribution >= 4 is 58.5 Å². The number of halogens is 6. The second-order valence-corrected chi connectivity index (χ2v) is 9.24. The third-order valence-corrected chi connectivity index (χ3v) is 5.87. The number of rotatable bonds is 9. The number of hydrogen-bond donors (Lipinski definition) is 2. The highest BCUT2D eigenvalue weighted by molar-refractivity contribution is 6.42. The van der Waals surface area contributed by atoms with Crippen LogP contribution < -0.4 is 10.6 Å². The number of nitrogens with one attached hydrogen (secondary N) is 2. The molecule has 2 N–H and O–H groups in total. The normalized spacial score (nSPS) is 13.5. The lowest BCUT2D eigenvalue weighted by Crippen LogP contribution is -2.55. The Bertz CT molecular complexity index is 1100. The lowest BCUT2D eigenvalue weighted by atomic mass is 9.98. The average Bonchev–Trinajstić information content (AvgIpc) is 2.77. The van der Waals surface area contributed by atoms with E-state index in [2.05, 4.69) is 10.6 Å². The van der Waals surface area contributed by atoms with Gasteiger partial charge in [0.25, 0.3) is 5.78 Å². The SMILES string of the molecule is CC(C)[C@H](NC(=O)[C@H](Cc1ccc(Cl)cc1)NC(=O)/C=C/c1ccc(Cl)c(Cl)c1)C(=O)C(F)(F)F. The van der Waals surface area contributed by atoms with E-state index in [1.807, 2.05) is 0 Å². The molecule has 2 aromatic rings. The molecule has 0 radical (unpaired) electrons. The zero-order valence-corrected chi connectivity index (χ0v) is 20.9. The summed E-state index contributed by atoms with van der Waals surface area (Å²) < 4.78 is 39.0. The second kappa shape index (κ2) is 12.4. The van der Waals surface area contributed by atoms with E-state index in [9.17, 15) is 27.6 Å². The molecule has 0 unspecified atom stereocenters. The Hall–Kier alpha value is -2.55. The van der Waals surface area contributed by atoms with Crippen molar-refractivity contribution < 1.29 is 27.6 Å². The van der Waals surface area contributed by atoms with Crippen LogP contribution in [0, 0.1) is 5.92 Å². The van der Waals surface area contributed by atoms with E-state index in [0.717, 1.165) is 6.08 Å². The Morgan fingerprint density at radius 1 is 0.943 bits per heavy atom. The Balaban J connectivity index is 2.24. The van der Waals surface area contributed by atoms with Gasteiger partial charge in [0.05, 0.1) is 16.1 Å². The van der Waals surface area contributed by atoms with Gasteiger partial charge in [-0.05, 0) is 47.4 Å². The summed E-state index contributed by atoms with van der Waals surface area (Å²) in [5.74, 6) is -4.53. The van der Waals surface area contributed by atoms with Gasteiger partial charge >= 0.3 is 6.18 Å². The topological polar surface area (TPSA) is 75.3 Å². The molecule has 0 saturated heterocycles. The minimum atomic E-state index is -5.13. The molecule has 0 aromatic heterocycles. The van der Waals surface area contributed by atoms with Gasteiger partial charge in [-0.25, -0.2) is 0 Å². The summed E-state index contributed by atoms with van der Waals surface area (Å²) in [7, 11) is 0. The molecule has 0 aliphatic heterocycles. The van der Waals surface area contributed by atoms with Crippen molar-refractivity contribution in [3.8, 4) is 0 Å². The van der Waals surface area contributed by atoms with Gasteiger partial charge in [-0.1, -0.05) is 66.8 Å². The standard InChI is InChI=1S/C24H22Cl3F3N2O3/c1-13(2)21(22(34)24(28,29)30)32-23(35)19(12-15-3-7-16(25)8-4-15)31-20(33)10-6-14-5-9-17(26)18(27)11-14/h3-11,13,19,21H,12H2,1-2H3,(H,31,33)(H,32,35)/b10-6+/t19-,21-/m0/s1. The molecule has 0 fully saturated rings. The fourth-order valence-electron chi connectivity index (χ4n) is 3.04. The number of ketones is 1. The van der Waals surface area contributed by atoms with Crippen LogP contribution >= 0.6 is 34.8 Å². The van der Waals surface area contributed by atoms with E-state index < -0.39 is 41.8 Å². The summed E-state index contributed by atoms with van der Waals surface area (Å²) in [5.41, 5.74) is 1.15. The number of alkyl halides is 3. The van der Waals surface area contributed by atoms with Crippen LogP contribution in [0.15, 0.2) is 48.5 Å². The highest BCUT2D eigenvalue weighted by Crippen LogP contribution is 2.23. The van der Waals surface area contributed by atoms with Crippen molar-refractivity contribution in [2.24, 2.45) is 5.92 Å². The summed E-state index contributed by atoms with van der Waals surface area (Å²) in [6.45, 7) is 2.75. The maximum Gasteiger partial charge on any atom is 0.452 e. The van der Waals surface area contributed by atoms with Crippen molar-refractivity contribution in [1.82, 2.24) is 10.6 Å². The smallest absolute Gasteiger partial charge is 0.344 e. The molecular formula is C24H22Cl3F3N2O3. The van der Waals surface area contributed by atoms with Gasteiger partial charge in [-0.2, -0.15) is 13.2 Å². The predicted octanol–water partition coefficient (Wildman–Crippen LogP) is 5.66. The van der Waals surface area contributed by atoms with E-state index in [0.29, 0.717) is 21.2 Å². The first-order valence-electron chi connectivity index (χ1n) is 10.4. The summed E-state index contributed by atoms with van der Waals surface area (Å²) in [4.78, 5) is 37.3. The molecule has 35 heavy (non-hydrogen) atoms. The Morgan fingerprint density at radius 2 is 1.57 bits per heavy atom. The van der Waals surface area contributed by atoms with Crippen LogP contribution in [0.1, 0.15) is 25.0 Å². The molecular weight excluding hydrogens is 528 g/mol. The largest absolute Gasteiger partial charge is 0.452 e. The molecule has 2 amide bonds. The molecule has 0 aliphatic rings. The summed E-state index contributed by atoms with van der Waals surface area (Å²) in [5, 5.41) is 5.68. The minimum Gasteiger partial charge on any atom is -0.344 e. The molecule has 2 aromatic carbocycles. The Morgan fingerprint density at radius 3 is 2.11 bits per heavy atom. The number of carbonyl (C=O) groups is 3. The van der Waals surface area contributed by atoms with Gasteiger partial charge in [0.15, 0.2) is 0 Å². The molecule has 0 bridgehead atoms. The number of carbonyl (C=O) groups excluding carboxylic acids is 3. The van der Waals surface area contributed by atoms with E-state index in [-0.39, 0.29) is 11.4 Å².